The molecule has 3 heterocycles. The molecule has 15 atom stereocenters. The van der Waals surface area contributed by atoms with E-state index in [4.69, 9.17) is 70.7 Å². The standard InChI is InChI=1S/C82H88BrN3O19Si/c1-54(87)91-51-66-70(93-46-57-28-14-7-15-29-57)74(95-47-58-30-16-8-17-31-58)76(97-49-60-34-20-10-21-35-60)80(101-66)105-71-68(53-98-106(82(4,5)6,64-38-24-12-25-39-64)65-40-26-13-27-41-65)100-79(69(85-86-84)73(71)94-50-61-42-44-63(83)45-43-61)104-72-67(52-92-55(2)88)102-81(99-56(3)89)77(103-78(90)62-36-22-11-23-37-62)75(72)96-48-59-32-18-9-19-33-59/h7-45,66-77,79-81H,46-53H2,1-6H3/t66-,67+,68-,69-,70-,71-,72-,73-,74+,75+,76-,77-,79-,80+,81?/m1/s1. The molecule has 0 aromatic heterocycles. The molecule has 1 unspecified atom stereocenters. The van der Waals surface area contributed by atoms with Gasteiger partial charge in [0.1, 0.15) is 80.3 Å². The van der Waals surface area contributed by atoms with Crippen LogP contribution in [0.1, 0.15) is 79.7 Å². The van der Waals surface area contributed by atoms with E-state index in [1.807, 2.05) is 182 Å². The van der Waals surface area contributed by atoms with Gasteiger partial charge in [0.2, 0.25) is 6.29 Å². The molecule has 0 saturated carbocycles. The smallest absolute Gasteiger partial charge is 0.338 e. The first kappa shape index (κ1) is 78.3. The van der Waals surface area contributed by atoms with Gasteiger partial charge in [-0.2, -0.15) is 0 Å². The first-order valence-corrected chi connectivity index (χ1v) is 37.9. The quantitative estimate of drug-likeness (QED) is 0.00948. The average Bonchev–Trinajstić information content (AvgIpc) is 0.746. The summed E-state index contributed by atoms with van der Waals surface area (Å²) in [6, 6.07) is 71.9. The maximum absolute atomic E-state index is 14.5. The monoisotopic (exact) mass is 1530 g/mol. The van der Waals surface area contributed by atoms with Crippen molar-refractivity contribution in [3.63, 3.8) is 0 Å². The minimum atomic E-state index is -3.59. The molecule has 0 aliphatic carbocycles. The fourth-order valence-corrected chi connectivity index (χ4v) is 18.2. The van der Waals surface area contributed by atoms with Crippen molar-refractivity contribution in [2.24, 2.45) is 5.11 Å². The fourth-order valence-electron chi connectivity index (χ4n) is 13.4. The number of carbonyl (C=O) groups excluding carboxylic acids is 4. The summed E-state index contributed by atoms with van der Waals surface area (Å²) in [5, 5.41) is 5.76. The molecule has 3 aliphatic rings. The van der Waals surface area contributed by atoms with Gasteiger partial charge in [-0.05, 0) is 73.0 Å². The zero-order chi connectivity index (χ0) is 74.4. The first-order chi connectivity index (χ1) is 51.4. The summed E-state index contributed by atoms with van der Waals surface area (Å²) >= 11 is 3.59. The Bertz CT molecular complexity index is 4060. The molecule has 556 valence electrons. The number of halogens is 1. The number of azide groups is 1. The highest BCUT2D eigenvalue weighted by molar-refractivity contribution is 9.10. The molecule has 22 nitrogen and oxygen atoms in total. The van der Waals surface area contributed by atoms with E-state index in [1.54, 1.807) is 30.3 Å². The third kappa shape index (κ3) is 20.7. The second-order valence-corrected chi connectivity index (χ2v) is 32.1. The van der Waals surface area contributed by atoms with E-state index in [1.165, 1.54) is 13.8 Å². The van der Waals surface area contributed by atoms with Gasteiger partial charge in [-0.1, -0.05) is 254 Å². The van der Waals surface area contributed by atoms with Crippen LogP contribution in [0, 0.1) is 0 Å². The molecule has 11 rings (SSSR count). The van der Waals surface area contributed by atoms with Crippen LogP contribution in [0.2, 0.25) is 5.04 Å². The molecule has 0 amide bonds. The number of esters is 4. The third-order valence-electron chi connectivity index (χ3n) is 18.4. The van der Waals surface area contributed by atoms with Crippen LogP contribution in [-0.4, -0.2) is 144 Å². The Morgan fingerprint density at radius 3 is 1.24 bits per heavy atom. The molecule has 106 heavy (non-hydrogen) atoms. The molecular formula is C82H88BrN3O19Si. The molecule has 0 bridgehead atoms. The molecule has 3 aliphatic heterocycles. The lowest BCUT2D eigenvalue weighted by molar-refractivity contribution is -0.374. The Labute approximate surface area is 626 Å². The number of hydrogen-bond acceptors (Lipinski definition) is 20. The van der Waals surface area contributed by atoms with Crippen LogP contribution < -0.4 is 10.4 Å². The van der Waals surface area contributed by atoms with E-state index in [0.29, 0.717) is 11.1 Å². The first-order valence-electron chi connectivity index (χ1n) is 35.2. The molecule has 0 N–H and O–H groups in total. The maximum Gasteiger partial charge on any atom is 0.338 e. The summed E-state index contributed by atoms with van der Waals surface area (Å²) in [6.45, 7) is 8.77. The SMILES string of the molecule is CC(=O)OC[C@@H]1OC(OC(C)=O)[C@H](OC(=O)c2ccccc2)[C@@H](OCc2ccccc2)[C@@H]1O[C@H]1O[C@H](CO[Si](c2ccccc2)(c2ccccc2)C(C)(C)C)[C@@H](O[C@@H]2O[C@H](COC(C)=O)[C@@H](OCc3ccccc3)[C@H](OCc3ccccc3)[C@H]2OCc2ccccc2)[C@H](OCc2ccc(Br)cc2)[C@H]1N=[N+]=[N-]. The van der Waals surface area contributed by atoms with Crippen LogP contribution >= 0.6 is 15.9 Å². The van der Waals surface area contributed by atoms with Crippen molar-refractivity contribution in [2.45, 2.75) is 172 Å². The van der Waals surface area contributed by atoms with E-state index in [-0.39, 0.29) is 51.8 Å². The number of carbonyl (C=O) groups is 4. The van der Waals surface area contributed by atoms with Gasteiger partial charge in [-0.25, -0.2) is 4.79 Å². The molecule has 8 aromatic rings. The predicted molar refractivity (Wildman–Crippen MR) is 396 cm³/mol. The van der Waals surface area contributed by atoms with Crippen molar-refractivity contribution >= 4 is 58.5 Å². The Morgan fingerprint density at radius 1 is 0.415 bits per heavy atom. The minimum absolute atomic E-state index is 0.00765. The summed E-state index contributed by atoms with van der Waals surface area (Å²) in [6.07, 6.45) is -19.6. The van der Waals surface area contributed by atoms with Crippen molar-refractivity contribution in [1.29, 1.82) is 0 Å². The number of hydrogen-bond donors (Lipinski definition) is 0. The van der Waals surface area contributed by atoms with Crippen molar-refractivity contribution in [3.8, 4) is 0 Å². The summed E-state index contributed by atoms with van der Waals surface area (Å²) in [5.41, 5.74) is 15.1. The lowest BCUT2D eigenvalue weighted by Crippen LogP contribution is -2.70. The van der Waals surface area contributed by atoms with Gasteiger partial charge in [-0.3, -0.25) is 14.4 Å². The predicted octanol–water partition coefficient (Wildman–Crippen LogP) is 12.8. The highest BCUT2D eigenvalue weighted by Crippen LogP contribution is 2.42. The van der Waals surface area contributed by atoms with E-state index in [0.717, 1.165) is 38.5 Å². The topological polar surface area (TPSA) is 255 Å². The van der Waals surface area contributed by atoms with Gasteiger partial charge in [0.15, 0.2) is 18.7 Å². The van der Waals surface area contributed by atoms with E-state index in [9.17, 15) is 24.7 Å². The summed E-state index contributed by atoms with van der Waals surface area (Å²) in [5.74, 6) is -2.95. The molecule has 0 spiro atoms. The summed E-state index contributed by atoms with van der Waals surface area (Å²) in [4.78, 5) is 57.3. The van der Waals surface area contributed by atoms with Crippen LogP contribution in [0.15, 0.2) is 246 Å². The average molecular weight is 1530 g/mol. The minimum Gasteiger partial charge on any atom is -0.463 e. The van der Waals surface area contributed by atoms with Crippen LogP contribution in [-0.2, 0) is 118 Å². The van der Waals surface area contributed by atoms with Gasteiger partial charge in [0.25, 0.3) is 8.32 Å². The van der Waals surface area contributed by atoms with Crippen molar-refractivity contribution in [2.75, 3.05) is 19.8 Å². The maximum atomic E-state index is 14.5. The van der Waals surface area contributed by atoms with Gasteiger partial charge in [0.05, 0.1) is 45.2 Å². The van der Waals surface area contributed by atoms with Crippen molar-refractivity contribution < 1.29 is 89.9 Å². The van der Waals surface area contributed by atoms with Crippen LogP contribution in [0.3, 0.4) is 0 Å². The van der Waals surface area contributed by atoms with E-state index < -0.39 is 136 Å². The zero-order valence-corrected chi connectivity index (χ0v) is 62.4. The molecule has 24 heteroatoms. The number of benzene rings is 8. The van der Waals surface area contributed by atoms with Gasteiger partial charge >= 0.3 is 23.9 Å². The molecular weight excluding hydrogens is 1440 g/mol. The van der Waals surface area contributed by atoms with Gasteiger partial charge < -0.3 is 70.7 Å². The number of rotatable bonds is 32. The Balaban J connectivity index is 1.10. The van der Waals surface area contributed by atoms with Crippen LogP contribution in [0.25, 0.3) is 10.4 Å². The zero-order valence-electron chi connectivity index (χ0n) is 59.8. The lowest BCUT2D eigenvalue weighted by Gasteiger charge is -2.52. The molecule has 0 radical (unpaired) electrons. The number of ether oxygens (including phenoxy) is 14. The largest absolute Gasteiger partial charge is 0.463 e. The van der Waals surface area contributed by atoms with E-state index in [2.05, 4.69) is 71.0 Å². The van der Waals surface area contributed by atoms with Crippen LogP contribution in [0.4, 0.5) is 0 Å². The van der Waals surface area contributed by atoms with Crippen molar-refractivity contribution in [1.82, 2.24) is 0 Å². The highest BCUT2D eigenvalue weighted by Gasteiger charge is 2.59. The summed E-state index contributed by atoms with van der Waals surface area (Å²) in [7, 11) is -3.59. The normalized spacial score (nSPS) is 24.5. The highest BCUT2D eigenvalue weighted by atomic mass is 79.9. The second-order valence-electron chi connectivity index (χ2n) is 26.9. The Hall–Kier alpha value is -8.79. The Kier molecular flexibility index (Phi) is 28.2. The van der Waals surface area contributed by atoms with Crippen LogP contribution in [0.5, 0.6) is 0 Å². The van der Waals surface area contributed by atoms with Crippen molar-refractivity contribution in [3.05, 3.63) is 285 Å². The van der Waals surface area contributed by atoms with Gasteiger partial charge in [-0.15, -0.1) is 0 Å². The second kappa shape index (κ2) is 38.1. The Morgan fingerprint density at radius 2 is 0.783 bits per heavy atom. The summed E-state index contributed by atoms with van der Waals surface area (Å²) < 4.78 is 105. The molecule has 8 aromatic carbocycles. The fraction of sp³-hybridized carbons (Fsp3) is 0.366. The third-order valence-corrected chi connectivity index (χ3v) is 23.9. The molecule has 3 fully saturated rings. The molecule has 3 saturated heterocycles. The lowest BCUT2D eigenvalue weighted by atomic mass is 9.94. The van der Waals surface area contributed by atoms with E-state index >= 15 is 0 Å². The van der Waals surface area contributed by atoms with Gasteiger partial charge in [0, 0.05) is 30.2 Å². The number of nitrogens with zero attached hydrogens (tertiary/aromatic N) is 3.